The topological polar surface area (TPSA) is 83.8 Å². The first-order valence-electron chi connectivity index (χ1n) is 9.76. The second kappa shape index (κ2) is 8.26. The predicted octanol–water partition coefficient (Wildman–Crippen LogP) is 6.86. The molecule has 6 nitrogen and oxygen atoms in total. The van der Waals surface area contributed by atoms with Crippen molar-refractivity contribution in [3.8, 4) is 22.7 Å². The van der Waals surface area contributed by atoms with Gasteiger partial charge in [-0.3, -0.25) is 9.89 Å². The van der Waals surface area contributed by atoms with Crippen LogP contribution in [0.25, 0.3) is 33.8 Å². The maximum absolute atomic E-state index is 12.8. The Labute approximate surface area is 196 Å². The first-order valence-corrected chi connectivity index (χ1v) is 10.9. The highest BCUT2D eigenvalue weighted by atomic mass is 79.9. The standard InChI is InChI=1S/C24H16BrClN4O2/c1-13-9-15(25)5-7-18(13)23(31)28-17-4-2-3-14(10-17)22-19(12-27-30-22)24-29-20-11-16(26)6-8-21(20)32-24/h2-12H,1H3,(H,27,30)(H,28,31). The lowest BCUT2D eigenvalue weighted by Gasteiger charge is -2.09. The van der Waals surface area contributed by atoms with E-state index in [1.807, 2.05) is 43.3 Å². The summed E-state index contributed by atoms with van der Waals surface area (Å²) in [6, 6.07) is 18.4. The van der Waals surface area contributed by atoms with Crippen LogP contribution in [-0.4, -0.2) is 21.1 Å². The molecule has 5 rings (SSSR count). The normalized spacial score (nSPS) is 11.1. The van der Waals surface area contributed by atoms with Gasteiger partial charge in [0.15, 0.2) is 5.58 Å². The van der Waals surface area contributed by atoms with E-state index in [0.29, 0.717) is 38.8 Å². The summed E-state index contributed by atoms with van der Waals surface area (Å²) in [6.07, 6.45) is 1.66. The maximum atomic E-state index is 12.8. The van der Waals surface area contributed by atoms with E-state index in [9.17, 15) is 4.79 Å². The van der Waals surface area contributed by atoms with Crippen LogP contribution < -0.4 is 5.32 Å². The van der Waals surface area contributed by atoms with E-state index >= 15 is 0 Å². The molecule has 158 valence electrons. The molecule has 0 aliphatic carbocycles. The third-order valence-corrected chi connectivity index (χ3v) is 5.79. The van der Waals surface area contributed by atoms with E-state index in [1.165, 1.54) is 0 Å². The molecular weight excluding hydrogens is 492 g/mol. The Kier molecular flexibility index (Phi) is 5.28. The number of carbonyl (C=O) groups is 1. The van der Waals surface area contributed by atoms with E-state index in [2.05, 4.69) is 36.4 Å². The zero-order valence-electron chi connectivity index (χ0n) is 16.8. The molecule has 8 heteroatoms. The maximum Gasteiger partial charge on any atom is 0.255 e. The van der Waals surface area contributed by atoms with Gasteiger partial charge in [-0.15, -0.1) is 0 Å². The highest BCUT2D eigenvalue weighted by Crippen LogP contribution is 2.33. The minimum atomic E-state index is -0.173. The van der Waals surface area contributed by atoms with E-state index < -0.39 is 0 Å². The number of fused-ring (bicyclic) bond motifs is 1. The van der Waals surface area contributed by atoms with E-state index in [1.54, 1.807) is 30.5 Å². The summed E-state index contributed by atoms with van der Waals surface area (Å²) in [5.74, 6) is 0.263. The molecule has 0 atom stereocenters. The summed E-state index contributed by atoms with van der Waals surface area (Å²) < 4.78 is 6.83. The quantitative estimate of drug-likeness (QED) is 0.278. The van der Waals surface area contributed by atoms with Crippen molar-refractivity contribution in [3.63, 3.8) is 0 Å². The number of H-pyrrole nitrogens is 1. The van der Waals surface area contributed by atoms with Crippen LogP contribution in [0.5, 0.6) is 0 Å². The summed E-state index contributed by atoms with van der Waals surface area (Å²) >= 11 is 9.49. The summed E-state index contributed by atoms with van der Waals surface area (Å²) in [6.45, 7) is 1.90. The fraction of sp³-hybridized carbons (Fsp3) is 0.0417. The molecule has 0 unspecified atom stereocenters. The van der Waals surface area contributed by atoms with Gasteiger partial charge in [-0.1, -0.05) is 39.7 Å². The number of halogens is 2. The number of anilines is 1. The summed E-state index contributed by atoms with van der Waals surface area (Å²) in [5.41, 5.74) is 5.77. The van der Waals surface area contributed by atoms with Gasteiger partial charge in [0, 0.05) is 26.3 Å². The zero-order chi connectivity index (χ0) is 22.2. The molecule has 1 amide bonds. The van der Waals surface area contributed by atoms with Crippen molar-refractivity contribution in [1.82, 2.24) is 15.2 Å². The lowest BCUT2D eigenvalue weighted by molar-refractivity contribution is 0.102. The first kappa shape index (κ1) is 20.5. The average Bonchev–Trinajstić information content (AvgIpc) is 3.40. The third kappa shape index (κ3) is 3.92. The van der Waals surface area contributed by atoms with Gasteiger partial charge in [-0.05, 0) is 61.0 Å². The number of aromatic amines is 1. The highest BCUT2D eigenvalue weighted by Gasteiger charge is 2.17. The molecule has 0 aliphatic rings. The lowest BCUT2D eigenvalue weighted by Crippen LogP contribution is -2.13. The third-order valence-electron chi connectivity index (χ3n) is 5.06. The van der Waals surface area contributed by atoms with Crippen molar-refractivity contribution in [3.05, 3.63) is 87.5 Å². The molecule has 2 aromatic heterocycles. The number of nitrogens with one attached hydrogen (secondary N) is 2. The highest BCUT2D eigenvalue weighted by molar-refractivity contribution is 9.10. The van der Waals surface area contributed by atoms with Crippen LogP contribution in [0.3, 0.4) is 0 Å². The molecule has 32 heavy (non-hydrogen) atoms. The number of hydrogen-bond donors (Lipinski definition) is 2. The number of benzene rings is 3. The Morgan fingerprint density at radius 2 is 2.00 bits per heavy atom. The molecule has 0 saturated heterocycles. The molecule has 0 aliphatic heterocycles. The molecular formula is C24H16BrClN4O2. The Morgan fingerprint density at radius 1 is 1.12 bits per heavy atom. The van der Waals surface area contributed by atoms with E-state index in [4.69, 9.17) is 16.0 Å². The minimum absolute atomic E-state index is 0.173. The smallest absolute Gasteiger partial charge is 0.255 e. The number of carbonyl (C=O) groups excluding carboxylic acids is 1. The molecule has 3 aromatic carbocycles. The van der Waals surface area contributed by atoms with Crippen LogP contribution in [0.1, 0.15) is 15.9 Å². The average molecular weight is 508 g/mol. The second-order valence-corrected chi connectivity index (χ2v) is 8.64. The summed E-state index contributed by atoms with van der Waals surface area (Å²) in [5, 5.41) is 10.7. The molecule has 0 fully saturated rings. The monoisotopic (exact) mass is 506 g/mol. The van der Waals surface area contributed by atoms with Gasteiger partial charge >= 0.3 is 0 Å². The SMILES string of the molecule is Cc1cc(Br)ccc1C(=O)Nc1cccc(-c2[nH]ncc2-c2nc3cc(Cl)ccc3o2)c1. The molecule has 0 saturated carbocycles. The van der Waals surface area contributed by atoms with Gasteiger partial charge in [-0.2, -0.15) is 5.10 Å². The van der Waals surface area contributed by atoms with Crippen LogP contribution >= 0.6 is 27.5 Å². The van der Waals surface area contributed by atoms with Crippen molar-refractivity contribution in [2.45, 2.75) is 6.92 Å². The fourth-order valence-electron chi connectivity index (χ4n) is 3.52. The number of aromatic nitrogens is 3. The summed E-state index contributed by atoms with van der Waals surface area (Å²) in [7, 11) is 0. The van der Waals surface area contributed by atoms with Crippen molar-refractivity contribution in [2.75, 3.05) is 5.32 Å². The molecule has 2 N–H and O–H groups in total. The largest absolute Gasteiger partial charge is 0.436 e. The minimum Gasteiger partial charge on any atom is -0.436 e. The fourth-order valence-corrected chi connectivity index (χ4v) is 4.16. The number of oxazole rings is 1. The Balaban J connectivity index is 1.46. The van der Waals surface area contributed by atoms with Crippen molar-refractivity contribution in [2.24, 2.45) is 0 Å². The molecule has 0 radical (unpaired) electrons. The van der Waals surface area contributed by atoms with Gasteiger partial charge in [0.2, 0.25) is 5.89 Å². The number of hydrogen-bond acceptors (Lipinski definition) is 4. The lowest BCUT2D eigenvalue weighted by atomic mass is 10.1. The van der Waals surface area contributed by atoms with Crippen molar-refractivity contribution in [1.29, 1.82) is 0 Å². The summed E-state index contributed by atoms with van der Waals surface area (Å²) in [4.78, 5) is 17.3. The van der Waals surface area contributed by atoms with Crippen LogP contribution in [-0.2, 0) is 0 Å². The van der Waals surface area contributed by atoms with Gasteiger partial charge in [-0.25, -0.2) is 4.98 Å². The Hall–Kier alpha value is -3.42. The zero-order valence-corrected chi connectivity index (χ0v) is 19.2. The molecule has 0 spiro atoms. The Bertz CT molecular complexity index is 1470. The van der Waals surface area contributed by atoms with Gasteiger partial charge in [0.05, 0.1) is 17.5 Å². The predicted molar refractivity (Wildman–Crippen MR) is 129 cm³/mol. The number of aryl methyl sites for hydroxylation is 1. The van der Waals surface area contributed by atoms with Crippen molar-refractivity contribution >= 4 is 50.2 Å². The number of amides is 1. The number of rotatable bonds is 4. The van der Waals surface area contributed by atoms with Crippen LogP contribution in [0.2, 0.25) is 5.02 Å². The van der Waals surface area contributed by atoms with Gasteiger partial charge in [0.25, 0.3) is 5.91 Å². The van der Waals surface area contributed by atoms with Crippen molar-refractivity contribution < 1.29 is 9.21 Å². The van der Waals surface area contributed by atoms with E-state index in [-0.39, 0.29) is 5.91 Å². The molecule has 5 aromatic rings. The number of nitrogens with zero attached hydrogens (tertiary/aromatic N) is 2. The van der Waals surface area contributed by atoms with Crippen LogP contribution in [0, 0.1) is 6.92 Å². The molecule has 2 heterocycles. The Morgan fingerprint density at radius 3 is 2.84 bits per heavy atom. The van der Waals surface area contributed by atoms with Crippen LogP contribution in [0.4, 0.5) is 5.69 Å². The second-order valence-electron chi connectivity index (χ2n) is 7.28. The van der Waals surface area contributed by atoms with Gasteiger partial charge < -0.3 is 9.73 Å². The van der Waals surface area contributed by atoms with Crippen LogP contribution in [0.15, 0.2) is 75.8 Å². The van der Waals surface area contributed by atoms with Gasteiger partial charge in [0.1, 0.15) is 5.52 Å². The first-order chi connectivity index (χ1) is 15.5. The van der Waals surface area contributed by atoms with E-state index in [0.717, 1.165) is 21.3 Å². The molecule has 0 bridgehead atoms.